The van der Waals surface area contributed by atoms with E-state index in [4.69, 9.17) is 14.2 Å². The number of carbonyl (C=O) groups is 1. The Kier molecular flexibility index (Phi) is 5.15. The number of rotatable bonds is 6. The second kappa shape index (κ2) is 6.17. The van der Waals surface area contributed by atoms with Gasteiger partial charge in [0.25, 0.3) is 0 Å². The third kappa shape index (κ3) is 5.33. The van der Waals surface area contributed by atoms with Crippen LogP contribution in [0.3, 0.4) is 0 Å². The molecule has 0 amide bonds. The van der Waals surface area contributed by atoms with Crippen LogP contribution >= 0.6 is 0 Å². The molecule has 4 nitrogen and oxygen atoms in total. The van der Waals surface area contributed by atoms with Crippen molar-refractivity contribution in [1.29, 1.82) is 0 Å². The van der Waals surface area contributed by atoms with Crippen LogP contribution in [0.15, 0.2) is 12.2 Å². The van der Waals surface area contributed by atoms with Crippen LogP contribution in [0, 0.1) is 0 Å². The fraction of sp³-hybridized carbons (Fsp3) is 0.769. The van der Waals surface area contributed by atoms with Gasteiger partial charge in [0.1, 0.15) is 0 Å². The van der Waals surface area contributed by atoms with Crippen LogP contribution in [0.1, 0.15) is 40.0 Å². The summed E-state index contributed by atoms with van der Waals surface area (Å²) in [5, 5.41) is 0. The molecule has 0 N–H and O–H groups in total. The Morgan fingerprint density at radius 2 is 2.18 bits per heavy atom. The van der Waals surface area contributed by atoms with Crippen LogP contribution in [0.4, 0.5) is 0 Å². The van der Waals surface area contributed by atoms with Crippen LogP contribution in [-0.4, -0.2) is 31.1 Å². The smallest absolute Gasteiger partial charge is 0.333 e. The molecule has 0 saturated carbocycles. The predicted octanol–water partition coefficient (Wildman–Crippen LogP) is 2.43. The molecule has 1 aliphatic rings. The summed E-state index contributed by atoms with van der Waals surface area (Å²) >= 11 is 0. The van der Waals surface area contributed by atoms with Gasteiger partial charge in [0.2, 0.25) is 0 Å². The minimum Gasteiger partial charge on any atom is -0.462 e. The first kappa shape index (κ1) is 14.2. The van der Waals surface area contributed by atoms with Gasteiger partial charge >= 0.3 is 5.97 Å². The Balaban J connectivity index is 2.02. The van der Waals surface area contributed by atoms with E-state index in [-0.39, 0.29) is 12.1 Å². The lowest BCUT2D eigenvalue weighted by Crippen LogP contribution is -2.21. The molecule has 0 bridgehead atoms. The highest BCUT2D eigenvalue weighted by atomic mass is 16.7. The molecule has 1 atom stereocenters. The molecule has 0 aromatic carbocycles. The molecule has 0 radical (unpaired) electrons. The van der Waals surface area contributed by atoms with E-state index < -0.39 is 5.79 Å². The minimum atomic E-state index is -0.447. The summed E-state index contributed by atoms with van der Waals surface area (Å²) in [6.07, 6.45) is 2.92. The number of ether oxygens (including phenoxy) is 3. The monoisotopic (exact) mass is 242 g/mol. The molecular weight excluding hydrogens is 220 g/mol. The maximum absolute atomic E-state index is 11.1. The largest absolute Gasteiger partial charge is 0.462 e. The quantitative estimate of drug-likeness (QED) is 0.407. The first-order valence-electron chi connectivity index (χ1n) is 6.05. The third-order valence-corrected chi connectivity index (χ3v) is 2.57. The highest BCUT2D eigenvalue weighted by molar-refractivity contribution is 5.86. The zero-order valence-electron chi connectivity index (χ0n) is 11.0. The van der Waals surface area contributed by atoms with Gasteiger partial charge in [-0.2, -0.15) is 0 Å². The number of esters is 1. The van der Waals surface area contributed by atoms with Crippen LogP contribution in [0.25, 0.3) is 0 Å². The molecule has 0 spiro atoms. The molecule has 1 rings (SSSR count). The van der Waals surface area contributed by atoms with Crippen LogP contribution in [0.5, 0.6) is 0 Å². The molecule has 0 aliphatic carbocycles. The van der Waals surface area contributed by atoms with Gasteiger partial charge in [-0.05, 0) is 40.0 Å². The molecule has 98 valence electrons. The van der Waals surface area contributed by atoms with Gasteiger partial charge in [-0.15, -0.1) is 0 Å². The van der Waals surface area contributed by atoms with E-state index in [0.29, 0.717) is 18.8 Å². The molecule has 17 heavy (non-hydrogen) atoms. The Hall–Kier alpha value is -0.870. The fourth-order valence-corrected chi connectivity index (χ4v) is 1.67. The van der Waals surface area contributed by atoms with Crippen molar-refractivity contribution in [2.45, 2.75) is 51.9 Å². The molecule has 1 fully saturated rings. The van der Waals surface area contributed by atoms with Crippen molar-refractivity contribution in [3.63, 3.8) is 0 Å². The minimum absolute atomic E-state index is 0.168. The summed E-state index contributed by atoms with van der Waals surface area (Å²) in [6, 6.07) is 0. The number of unbranched alkanes of at least 4 members (excludes halogenated alkanes) is 1. The first-order valence-corrected chi connectivity index (χ1v) is 6.05. The Morgan fingerprint density at radius 1 is 1.47 bits per heavy atom. The van der Waals surface area contributed by atoms with Gasteiger partial charge < -0.3 is 14.2 Å². The van der Waals surface area contributed by atoms with Crippen molar-refractivity contribution in [2.24, 2.45) is 0 Å². The zero-order valence-corrected chi connectivity index (χ0v) is 11.0. The summed E-state index contributed by atoms with van der Waals surface area (Å²) in [5.74, 6) is -0.761. The predicted molar refractivity (Wildman–Crippen MR) is 64.5 cm³/mol. The van der Waals surface area contributed by atoms with Crippen molar-refractivity contribution >= 4 is 5.97 Å². The SMILES string of the molecule is C=C(C)C(=O)OCCCCC1COC(C)(C)O1. The van der Waals surface area contributed by atoms with Crippen molar-refractivity contribution in [2.75, 3.05) is 13.2 Å². The van der Waals surface area contributed by atoms with E-state index in [2.05, 4.69) is 6.58 Å². The molecule has 4 heteroatoms. The van der Waals surface area contributed by atoms with Crippen molar-refractivity contribution in [3.8, 4) is 0 Å². The summed E-state index contributed by atoms with van der Waals surface area (Å²) in [6.45, 7) is 10.1. The standard InChI is InChI=1S/C13H22O4/c1-10(2)12(14)15-8-6-5-7-11-9-16-13(3,4)17-11/h11H,1,5-9H2,2-4H3. The number of hydrogen-bond donors (Lipinski definition) is 0. The van der Waals surface area contributed by atoms with Gasteiger partial charge in [-0.25, -0.2) is 4.79 Å². The average molecular weight is 242 g/mol. The van der Waals surface area contributed by atoms with Gasteiger partial charge in [-0.3, -0.25) is 0 Å². The lowest BCUT2D eigenvalue weighted by molar-refractivity contribution is -0.139. The van der Waals surface area contributed by atoms with E-state index >= 15 is 0 Å². The van der Waals surface area contributed by atoms with E-state index in [1.165, 1.54) is 0 Å². The van der Waals surface area contributed by atoms with Crippen LogP contribution in [0.2, 0.25) is 0 Å². The summed E-state index contributed by atoms with van der Waals surface area (Å²) in [4.78, 5) is 11.1. The summed E-state index contributed by atoms with van der Waals surface area (Å²) in [5.41, 5.74) is 0.444. The third-order valence-electron chi connectivity index (χ3n) is 2.57. The highest BCUT2D eigenvalue weighted by Gasteiger charge is 2.31. The second-order valence-corrected chi connectivity index (χ2v) is 4.86. The molecule has 0 aromatic heterocycles. The first-order chi connectivity index (χ1) is 7.91. The maximum atomic E-state index is 11.1. The molecule has 1 aliphatic heterocycles. The van der Waals surface area contributed by atoms with Crippen molar-refractivity contribution in [1.82, 2.24) is 0 Å². The van der Waals surface area contributed by atoms with Gasteiger partial charge in [0.15, 0.2) is 5.79 Å². The Bertz CT molecular complexity index is 283. The Morgan fingerprint density at radius 3 is 2.71 bits per heavy atom. The topological polar surface area (TPSA) is 44.8 Å². The molecular formula is C13H22O4. The number of carbonyl (C=O) groups excluding carboxylic acids is 1. The molecule has 1 saturated heterocycles. The lowest BCUT2D eigenvalue weighted by Gasteiger charge is -2.16. The van der Waals surface area contributed by atoms with E-state index in [9.17, 15) is 4.79 Å². The molecule has 1 unspecified atom stereocenters. The van der Waals surface area contributed by atoms with Crippen LogP contribution < -0.4 is 0 Å². The summed E-state index contributed by atoms with van der Waals surface area (Å²) in [7, 11) is 0. The molecule has 0 aromatic rings. The fourth-order valence-electron chi connectivity index (χ4n) is 1.67. The van der Waals surface area contributed by atoms with Gasteiger partial charge in [-0.1, -0.05) is 6.58 Å². The van der Waals surface area contributed by atoms with E-state index in [1.807, 2.05) is 13.8 Å². The van der Waals surface area contributed by atoms with E-state index in [1.54, 1.807) is 6.92 Å². The van der Waals surface area contributed by atoms with Gasteiger partial charge in [0, 0.05) is 5.57 Å². The van der Waals surface area contributed by atoms with Crippen LogP contribution in [-0.2, 0) is 19.0 Å². The summed E-state index contributed by atoms with van der Waals surface area (Å²) < 4.78 is 16.1. The average Bonchev–Trinajstić information content (AvgIpc) is 2.57. The highest BCUT2D eigenvalue weighted by Crippen LogP contribution is 2.24. The lowest BCUT2D eigenvalue weighted by atomic mass is 10.2. The van der Waals surface area contributed by atoms with E-state index in [0.717, 1.165) is 19.3 Å². The normalized spacial score (nSPS) is 22.4. The van der Waals surface area contributed by atoms with Crippen molar-refractivity contribution in [3.05, 3.63) is 12.2 Å². The van der Waals surface area contributed by atoms with Gasteiger partial charge in [0.05, 0.1) is 19.3 Å². The maximum Gasteiger partial charge on any atom is 0.333 e. The molecule has 1 heterocycles. The second-order valence-electron chi connectivity index (χ2n) is 4.86. The van der Waals surface area contributed by atoms with Crippen molar-refractivity contribution < 1.29 is 19.0 Å². The number of hydrogen-bond acceptors (Lipinski definition) is 4. The zero-order chi connectivity index (χ0) is 12.9. The Labute approximate surface area is 103 Å².